The highest BCUT2D eigenvalue weighted by Crippen LogP contribution is 2.50. The molecule has 2 heterocycles. The number of alkyl halides is 2. The number of aliphatic hydroxyl groups is 2. The summed E-state index contributed by atoms with van der Waals surface area (Å²) in [5.74, 6) is -6.18. The number of halogens is 2. The Morgan fingerprint density at radius 2 is 2.12 bits per heavy atom. The van der Waals surface area contributed by atoms with E-state index in [1.807, 2.05) is 0 Å². The maximum absolute atomic E-state index is 14.9. The molecule has 2 rings (SSSR count). The van der Waals surface area contributed by atoms with E-state index in [0.717, 1.165) is 12.3 Å². The van der Waals surface area contributed by atoms with Gasteiger partial charge in [-0.25, -0.2) is 9.59 Å². The first-order chi connectivity index (χ1) is 11.3. The van der Waals surface area contributed by atoms with Crippen LogP contribution in [0.1, 0.15) is 27.0 Å². The first kappa shape index (κ1) is 19.2. The number of aromatic nitrogens is 2. The number of nitrogen functional groups attached to an aromatic ring is 1. The quantitative estimate of drug-likeness (QED) is 0.607. The number of carbonyl (C=O) groups is 1. The van der Waals surface area contributed by atoms with Crippen molar-refractivity contribution in [2.75, 3.05) is 12.3 Å². The first-order valence-electron chi connectivity index (χ1n) is 7.29. The molecule has 1 aliphatic rings. The van der Waals surface area contributed by atoms with E-state index in [1.54, 1.807) is 0 Å². The van der Waals surface area contributed by atoms with E-state index in [0.29, 0.717) is 4.57 Å². The topological polar surface area (TPSA) is 137 Å². The molecule has 0 aliphatic carbocycles. The molecule has 1 aromatic rings. The highest BCUT2D eigenvalue weighted by molar-refractivity contribution is 5.82. The van der Waals surface area contributed by atoms with Crippen molar-refractivity contribution < 1.29 is 33.3 Å². The second-order valence-corrected chi connectivity index (χ2v) is 6.59. The van der Waals surface area contributed by atoms with Crippen molar-refractivity contribution in [2.24, 2.45) is 0 Å². The molecular formula is C14H19F2N3O6. The normalized spacial score (nSPS) is 28.8. The Hall–Kier alpha value is -2.11. The molecule has 0 saturated carbocycles. The summed E-state index contributed by atoms with van der Waals surface area (Å²) in [4.78, 5) is 27.3. The van der Waals surface area contributed by atoms with Crippen LogP contribution in [0.2, 0.25) is 0 Å². The largest absolute Gasteiger partial charge is 0.458 e. The number of nitrogens with two attached hydrogens (primary N) is 1. The van der Waals surface area contributed by atoms with Crippen LogP contribution in [0.4, 0.5) is 14.6 Å². The third kappa shape index (κ3) is 3.10. The van der Waals surface area contributed by atoms with Gasteiger partial charge in [0.25, 0.3) is 5.60 Å². The van der Waals surface area contributed by atoms with Gasteiger partial charge in [0.15, 0.2) is 0 Å². The lowest BCUT2D eigenvalue weighted by Crippen LogP contribution is -2.61. The SMILES string of the molecule is CC(C)(C)OC(=O)[C@@]1(O)[C@@H](CO)O[C@H](n2ccc(N)nc2=O)C1(F)F. The third-order valence-electron chi connectivity index (χ3n) is 3.56. The van der Waals surface area contributed by atoms with Gasteiger partial charge in [0, 0.05) is 6.20 Å². The summed E-state index contributed by atoms with van der Waals surface area (Å²) in [6.07, 6.45) is -3.52. The van der Waals surface area contributed by atoms with Gasteiger partial charge in [0.2, 0.25) is 6.23 Å². The number of nitrogens with zero attached hydrogens (tertiary/aromatic N) is 2. The maximum atomic E-state index is 14.9. The van der Waals surface area contributed by atoms with E-state index in [2.05, 4.69) is 4.98 Å². The van der Waals surface area contributed by atoms with Crippen LogP contribution in [0.3, 0.4) is 0 Å². The van der Waals surface area contributed by atoms with Gasteiger partial charge in [-0.2, -0.15) is 13.8 Å². The molecule has 25 heavy (non-hydrogen) atoms. The fourth-order valence-electron chi connectivity index (χ4n) is 2.39. The minimum absolute atomic E-state index is 0.205. The fraction of sp³-hybridized carbons (Fsp3) is 0.643. The van der Waals surface area contributed by atoms with Crippen molar-refractivity contribution in [1.82, 2.24) is 9.55 Å². The van der Waals surface area contributed by atoms with E-state index in [-0.39, 0.29) is 5.82 Å². The van der Waals surface area contributed by atoms with E-state index in [1.165, 1.54) is 20.8 Å². The molecule has 1 aromatic heterocycles. The van der Waals surface area contributed by atoms with E-state index in [9.17, 15) is 28.6 Å². The lowest BCUT2D eigenvalue weighted by atomic mass is 9.91. The van der Waals surface area contributed by atoms with Gasteiger partial charge < -0.3 is 25.4 Å². The second kappa shape index (κ2) is 6.00. The predicted molar refractivity (Wildman–Crippen MR) is 79.6 cm³/mol. The molecule has 0 aromatic carbocycles. The van der Waals surface area contributed by atoms with E-state index >= 15 is 0 Å². The van der Waals surface area contributed by atoms with Gasteiger partial charge in [-0.1, -0.05) is 0 Å². The molecule has 0 spiro atoms. The number of hydrogen-bond acceptors (Lipinski definition) is 8. The maximum Gasteiger partial charge on any atom is 0.351 e. The molecule has 1 fully saturated rings. The van der Waals surface area contributed by atoms with Crippen LogP contribution < -0.4 is 11.4 Å². The molecule has 11 heteroatoms. The van der Waals surface area contributed by atoms with E-state index in [4.69, 9.17) is 15.2 Å². The number of aliphatic hydroxyl groups excluding tert-OH is 1. The summed E-state index contributed by atoms with van der Waals surface area (Å²) in [6.45, 7) is 3.14. The summed E-state index contributed by atoms with van der Waals surface area (Å²) in [5, 5.41) is 19.7. The molecular weight excluding hydrogens is 344 g/mol. The molecule has 0 bridgehead atoms. The zero-order valence-corrected chi connectivity index (χ0v) is 13.8. The fourth-order valence-corrected chi connectivity index (χ4v) is 2.39. The zero-order valence-electron chi connectivity index (χ0n) is 13.8. The molecule has 0 amide bonds. The van der Waals surface area contributed by atoms with Crippen molar-refractivity contribution in [1.29, 1.82) is 0 Å². The molecule has 1 aliphatic heterocycles. The lowest BCUT2D eigenvalue weighted by molar-refractivity contribution is -0.220. The standard InChI is InChI=1S/C14H19F2N3O6/c1-12(2,3)25-10(21)13(23)7(6-20)24-9(14(13,15)16)19-5-4-8(17)18-11(19)22/h4-5,7,9,20,23H,6H2,1-3H3,(H2,17,18,22)/t7-,9+,13+/m1/s1. The Bertz CT molecular complexity index is 732. The Labute approximate surface area is 141 Å². The highest BCUT2D eigenvalue weighted by Gasteiger charge is 2.75. The summed E-state index contributed by atoms with van der Waals surface area (Å²) < 4.78 is 39.9. The monoisotopic (exact) mass is 363 g/mol. The van der Waals surface area contributed by atoms with Gasteiger partial charge in [0.1, 0.15) is 17.5 Å². The van der Waals surface area contributed by atoms with Gasteiger partial charge in [-0.3, -0.25) is 4.57 Å². The van der Waals surface area contributed by atoms with Crippen LogP contribution in [-0.2, 0) is 14.3 Å². The molecule has 4 N–H and O–H groups in total. The average Bonchev–Trinajstić information content (AvgIpc) is 2.66. The highest BCUT2D eigenvalue weighted by atomic mass is 19.3. The van der Waals surface area contributed by atoms with Crippen LogP contribution in [0, 0.1) is 0 Å². The molecule has 140 valence electrons. The Morgan fingerprint density at radius 3 is 2.60 bits per heavy atom. The van der Waals surface area contributed by atoms with Gasteiger partial charge in [0.05, 0.1) is 6.61 Å². The molecule has 9 nitrogen and oxygen atoms in total. The van der Waals surface area contributed by atoms with Crippen LogP contribution in [0.5, 0.6) is 0 Å². The first-order valence-corrected chi connectivity index (χ1v) is 7.29. The van der Waals surface area contributed by atoms with Gasteiger partial charge >= 0.3 is 17.6 Å². The summed E-state index contributed by atoms with van der Waals surface area (Å²) in [5.41, 5.74) is -0.549. The van der Waals surface area contributed by atoms with Crippen LogP contribution in [-0.4, -0.2) is 55.6 Å². The number of rotatable bonds is 3. The van der Waals surface area contributed by atoms with Crippen molar-refractivity contribution >= 4 is 11.8 Å². The molecule has 0 unspecified atom stereocenters. The second-order valence-electron chi connectivity index (χ2n) is 6.59. The van der Waals surface area contributed by atoms with E-state index < -0.39 is 47.7 Å². The molecule has 1 saturated heterocycles. The Morgan fingerprint density at radius 1 is 1.52 bits per heavy atom. The summed E-state index contributed by atoms with van der Waals surface area (Å²) in [6, 6.07) is 1.07. The number of anilines is 1. The molecule has 3 atom stereocenters. The number of ether oxygens (including phenoxy) is 2. The Kier molecular flexibility index (Phi) is 4.61. The van der Waals surface area contributed by atoms with Crippen molar-refractivity contribution in [2.45, 2.75) is 50.2 Å². The van der Waals surface area contributed by atoms with Crippen LogP contribution >= 0.6 is 0 Å². The third-order valence-corrected chi connectivity index (χ3v) is 3.56. The smallest absolute Gasteiger partial charge is 0.351 e. The zero-order chi connectivity index (χ0) is 19.2. The lowest BCUT2D eigenvalue weighted by Gasteiger charge is -2.33. The van der Waals surface area contributed by atoms with Crippen molar-refractivity contribution in [3.63, 3.8) is 0 Å². The van der Waals surface area contributed by atoms with Crippen LogP contribution in [0.25, 0.3) is 0 Å². The number of hydrogen-bond donors (Lipinski definition) is 3. The summed E-state index contributed by atoms with van der Waals surface area (Å²) in [7, 11) is 0. The van der Waals surface area contributed by atoms with Crippen molar-refractivity contribution in [3.05, 3.63) is 22.7 Å². The van der Waals surface area contributed by atoms with Gasteiger partial charge in [-0.15, -0.1) is 0 Å². The average molecular weight is 363 g/mol. The predicted octanol–water partition coefficient (Wildman–Crippen LogP) is -0.577. The van der Waals surface area contributed by atoms with Gasteiger partial charge in [-0.05, 0) is 26.8 Å². The Balaban J connectivity index is 2.52. The van der Waals surface area contributed by atoms with Crippen molar-refractivity contribution in [3.8, 4) is 0 Å². The number of esters is 1. The molecule has 0 radical (unpaired) electrons. The number of carbonyl (C=O) groups excluding carboxylic acids is 1. The minimum Gasteiger partial charge on any atom is -0.458 e. The minimum atomic E-state index is -4.30. The van der Waals surface area contributed by atoms with Crippen LogP contribution in [0.15, 0.2) is 17.1 Å². The summed E-state index contributed by atoms with van der Waals surface area (Å²) >= 11 is 0.